The zero-order valence-corrected chi connectivity index (χ0v) is 10.8. The van der Waals surface area contributed by atoms with Crippen molar-refractivity contribution in [1.29, 1.82) is 0 Å². The predicted octanol–water partition coefficient (Wildman–Crippen LogP) is 2.39. The van der Waals surface area contributed by atoms with Crippen molar-refractivity contribution >= 4 is 11.9 Å². The Labute approximate surface area is 116 Å². The number of rotatable bonds is 4. The van der Waals surface area contributed by atoms with Crippen molar-refractivity contribution in [3.05, 3.63) is 59.7 Å². The van der Waals surface area contributed by atoms with E-state index >= 15 is 0 Å². The first-order valence-corrected chi connectivity index (χ1v) is 6.39. The molecule has 2 aromatic carbocycles. The molecule has 100 valence electrons. The van der Waals surface area contributed by atoms with E-state index in [0.29, 0.717) is 12.1 Å². The number of hydrogen-bond acceptors (Lipinski definition) is 4. The Balaban J connectivity index is 1.60. The van der Waals surface area contributed by atoms with Crippen LogP contribution in [0.2, 0.25) is 0 Å². The molecular weight excluding hydrogens is 252 g/mol. The normalized spacial score (nSPS) is 17.2. The van der Waals surface area contributed by atoms with Crippen molar-refractivity contribution in [2.45, 2.75) is 6.04 Å². The first-order chi connectivity index (χ1) is 9.75. The number of aliphatic imine (C=N–C) groups is 2. The number of nitrogens with zero attached hydrogens (tertiary/aromatic N) is 2. The highest BCUT2D eigenvalue weighted by atomic mass is 16.3. The second-order valence-corrected chi connectivity index (χ2v) is 4.60. The summed E-state index contributed by atoms with van der Waals surface area (Å²) in [6.45, 7) is 0.526. The lowest BCUT2D eigenvalue weighted by Crippen LogP contribution is -2.03. The molecule has 0 aromatic heterocycles. The Kier molecular flexibility index (Phi) is 3.21. The third kappa shape index (κ3) is 2.54. The van der Waals surface area contributed by atoms with E-state index in [1.54, 1.807) is 36.5 Å². The van der Waals surface area contributed by atoms with Gasteiger partial charge >= 0.3 is 0 Å². The first kappa shape index (κ1) is 12.4. The molecule has 4 heteroatoms. The standard InChI is InChI=1S/C16H14N2O2/c19-14-7-3-1-5-11(14)9-17-10-13-16(18-13)12-6-2-4-8-15(12)20/h1-9,13,19-20H,10H2. The van der Waals surface area contributed by atoms with Gasteiger partial charge in [0, 0.05) is 17.3 Å². The van der Waals surface area contributed by atoms with Crippen molar-refractivity contribution < 1.29 is 10.2 Å². The molecule has 0 spiro atoms. The molecule has 1 unspecified atom stereocenters. The molecule has 2 aromatic rings. The molecule has 0 fully saturated rings. The largest absolute Gasteiger partial charge is 0.507 e. The summed E-state index contributed by atoms with van der Waals surface area (Å²) in [6.07, 6.45) is 1.64. The van der Waals surface area contributed by atoms with Gasteiger partial charge in [0.15, 0.2) is 0 Å². The van der Waals surface area contributed by atoms with Crippen LogP contribution in [0.1, 0.15) is 11.1 Å². The van der Waals surface area contributed by atoms with Crippen molar-refractivity contribution in [1.82, 2.24) is 0 Å². The van der Waals surface area contributed by atoms with Gasteiger partial charge in [-0.15, -0.1) is 0 Å². The van der Waals surface area contributed by atoms with Gasteiger partial charge in [-0.3, -0.25) is 9.98 Å². The SMILES string of the molecule is Oc1ccccc1C=NCC1N=C1c1ccccc1O. The molecule has 0 aliphatic carbocycles. The molecule has 3 rings (SSSR count). The van der Waals surface area contributed by atoms with Crippen molar-refractivity contribution in [2.24, 2.45) is 9.98 Å². The summed E-state index contributed by atoms with van der Waals surface area (Å²) in [5.41, 5.74) is 2.35. The van der Waals surface area contributed by atoms with Crippen LogP contribution in [0.15, 0.2) is 58.5 Å². The maximum Gasteiger partial charge on any atom is 0.124 e. The van der Waals surface area contributed by atoms with Crippen LogP contribution in [0.25, 0.3) is 0 Å². The van der Waals surface area contributed by atoms with Gasteiger partial charge in [0.2, 0.25) is 0 Å². The Morgan fingerprint density at radius 2 is 1.70 bits per heavy atom. The number of hydrogen-bond donors (Lipinski definition) is 2. The summed E-state index contributed by atoms with van der Waals surface area (Å²) in [5, 5.41) is 19.3. The van der Waals surface area contributed by atoms with E-state index in [1.165, 1.54) is 0 Å². The van der Waals surface area contributed by atoms with Crippen LogP contribution in [-0.4, -0.2) is 34.7 Å². The summed E-state index contributed by atoms with van der Waals surface area (Å²) in [5.74, 6) is 0.465. The van der Waals surface area contributed by atoms with E-state index in [4.69, 9.17) is 0 Å². The average molecular weight is 266 g/mol. The fourth-order valence-electron chi connectivity index (χ4n) is 2.04. The summed E-state index contributed by atoms with van der Waals surface area (Å²) in [7, 11) is 0. The monoisotopic (exact) mass is 266 g/mol. The van der Waals surface area contributed by atoms with Gasteiger partial charge in [0.1, 0.15) is 17.5 Å². The summed E-state index contributed by atoms with van der Waals surface area (Å²) in [6, 6.07) is 14.2. The topological polar surface area (TPSA) is 65.2 Å². The maximum absolute atomic E-state index is 9.73. The lowest BCUT2D eigenvalue weighted by atomic mass is 10.1. The molecule has 0 radical (unpaired) electrons. The summed E-state index contributed by atoms with van der Waals surface area (Å²) >= 11 is 0. The van der Waals surface area contributed by atoms with Gasteiger partial charge in [-0.1, -0.05) is 24.3 Å². The second-order valence-electron chi connectivity index (χ2n) is 4.60. The molecule has 1 aliphatic rings. The Bertz CT molecular complexity index is 692. The van der Waals surface area contributed by atoms with E-state index in [-0.39, 0.29) is 17.5 Å². The fourth-order valence-corrected chi connectivity index (χ4v) is 2.04. The van der Waals surface area contributed by atoms with Gasteiger partial charge in [-0.2, -0.15) is 0 Å². The third-order valence-electron chi connectivity index (χ3n) is 3.17. The highest BCUT2D eigenvalue weighted by Gasteiger charge is 2.30. The van der Waals surface area contributed by atoms with Crippen LogP contribution in [0.5, 0.6) is 11.5 Å². The molecule has 0 bridgehead atoms. The van der Waals surface area contributed by atoms with Gasteiger partial charge in [-0.25, -0.2) is 0 Å². The minimum atomic E-state index is 0.0328. The van der Waals surface area contributed by atoms with Crippen LogP contribution in [0, 0.1) is 0 Å². The Morgan fingerprint density at radius 1 is 1.00 bits per heavy atom. The van der Waals surface area contributed by atoms with E-state index in [0.717, 1.165) is 11.3 Å². The lowest BCUT2D eigenvalue weighted by molar-refractivity contribution is 0.474. The summed E-state index contributed by atoms with van der Waals surface area (Å²) in [4.78, 5) is 8.61. The zero-order valence-electron chi connectivity index (χ0n) is 10.8. The molecule has 0 amide bonds. The third-order valence-corrected chi connectivity index (χ3v) is 3.17. The van der Waals surface area contributed by atoms with Crippen LogP contribution in [0.3, 0.4) is 0 Å². The highest BCUT2D eigenvalue weighted by Crippen LogP contribution is 2.26. The number of benzene rings is 2. The number of aromatic hydroxyl groups is 2. The Hall–Kier alpha value is -2.62. The molecule has 1 aliphatic heterocycles. The van der Waals surface area contributed by atoms with Crippen LogP contribution in [0.4, 0.5) is 0 Å². The molecule has 0 saturated carbocycles. The molecule has 1 heterocycles. The van der Waals surface area contributed by atoms with Gasteiger partial charge in [-0.05, 0) is 24.3 Å². The van der Waals surface area contributed by atoms with E-state index < -0.39 is 0 Å². The summed E-state index contributed by atoms with van der Waals surface area (Å²) < 4.78 is 0. The van der Waals surface area contributed by atoms with Gasteiger partial charge < -0.3 is 10.2 Å². The van der Waals surface area contributed by atoms with Crippen molar-refractivity contribution in [3.8, 4) is 11.5 Å². The average Bonchev–Trinajstić information content (AvgIpc) is 3.21. The van der Waals surface area contributed by atoms with E-state index in [1.807, 2.05) is 18.2 Å². The van der Waals surface area contributed by atoms with Gasteiger partial charge in [0.25, 0.3) is 0 Å². The van der Waals surface area contributed by atoms with Crippen LogP contribution >= 0.6 is 0 Å². The van der Waals surface area contributed by atoms with Gasteiger partial charge in [0.05, 0.1) is 12.3 Å². The first-order valence-electron chi connectivity index (χ1n) is 6.39. The molecular formula is C16H14N2O2. The smallest absolute Gasteiger partial charge is 0.124 e. The Morgan fingerprint density at radius 3 is 2.45 bits per heavy atom. The number of phenolic OH excluding ortho intramolecular Hbond substituents is 2. The fraction of sp³-hybridized carbons (Fsp3) is 0.125. The molecule has 0 saturated heterocycles. The van der Waals surface area contributed by atoms with Crippen molar-refractivity contribution in [3.63, 3.8) is 0 Å². The lowest BCUT2D eigenvalue weighted by Gasteiger charge is -1.99. The molecule has 2 N–H and O–H groups in total. The van der Waals surface area contributed by atoms with E-state index in [2.05, 4.69) is 9.98 Å². The second kappa shape index (κ2) is 5.17. The molecule has 4 nitrogen and oxygen atoms in total. The van der Waals surface area contributed by atoms with Crippen molar-refractivity contribution in [2.75, 3.05) is 6.54 Å². The predicted molar refractivity (Wildman–Crippen MR) is 79.0 cm³/mol. The maximum atomic E-state index is 9.73. The minimum absolute atomic E-state index is 0.0328. The molecule has 20 heavy (non-hydrogen) atoms. The van der Waals surface area contributed by atoms with Crippen LogP contribution in [-0.2, 0) is 0 Å². The number of phenols is 2. The zero-order chi connectivity index (χ0) is 13.9. The quantitative estimate of drug-likeness (QED) is 0.834. The minimum Gasteiger partial charge on any atom is -0.507 e. The number of para-hydroxylation sites is 2. The van der Waals surface area contributed by atoms with Crippen LogP contribution < -0.4 is 0 Å². The highest BCUT2D eigenvalue weighted by molar-refractivity contribution is 6.15. The van der Waals surface area contributed by atoms with E-state index in [9.17, 15) is 10.2 Å². The molecule has 1 atom stereocenters.